The summed E-state index contributed by atoms with van der Waals surface area (Å²) >= 11 is 3.37. The third-order valence-corrected chi connectivity index (χ3v) is 3.16. The van der Waals surface area contributed by atoms with Gasteiger partial charge in [-0.15, -0.1) is 0 Å². The summed E-state index contributed by atoms with van der Waals surface area (Å²) in [5, 5.41) is 0. The number of hydrogen-bond acceptors (Lipinski definition) is 1. The molecule has 1 aliphatic rings. The van der Waals surface area contributed by atoms with Crippen LogP contribution in [0.5, 0.6) is 0 Å². The summed E-state index contributed by atoms with van der Waals surface area (Å²) in [6.45, 7) is 0.568. The lowest BCUT2D eigenvalue weighted by Crippen LogP contribution is -2.23. The second-order valence-corrected chi connectivity index (χ2v) is 4.70. The predicted molar refractivity (Wildman–Crippen MR) is 57.5 cm³/mol. The fourth-order valence-corrected chi connectivity index (χ4v) is 2.14. The Labute approximate surface area is 91.4 Å². The Morgan fingerprint density at radius 3 is 2.64 bits per heavy atom. The Morgan fingerprint density at radius 2 is 2.07 bits per heavy atom. The van der Waals surface area contributed by atoms with Gasteiger partial charge in [0.25, 0.3) is 0 Å². The highest BCUT2D eigenvalue weighted by Gasteiger charge is 2.37. The van der Waals surface area contributed by atoms with Crippen molar-refractivity contribution in [3.05, 3.63) is 35.9 Å². The lowest BCUT2D eigenvalue weighted by atomic mass is 10.1. The molecule has 0 aliphatic carbocycles. The second-order valence-electron chi connectivity index (χ2n) is 3.52. The van der Waals surface area contributed by atoms with Crippen LogP contribution in [0.15, 0.2) is 30.3 Å². The maximum absolute atomic E-state index is 13.5. The van der Waals surface area contributed by atoms with Gasteiger partial charge in [0.05, 0.1) is 11.4 Å². The molecule has 2 rings (SSSR count). The van der Waals surface area contributed by atoms with E-state index in [0.717, 1.165) is 5.56 Å². The molecule has 0 spiro atoms. The molecule has 0 N–H and O–H groups in total. The molecule has 0 aromatic heterocycles. The lowest BCUT2D eigenvalue weighted by molar-refractivity contribution is 0.245. The van der Waals surface area contributed by atoms with Crippen LogP contribution in [0.2, 0.25) is 0 Å². The van der Waals surface area contributed by atoms with Crippen LogP contribution in [0.1, 0.15) is 5.56 Å². The topological polar surface area (TPSA) is 12.5 Å². The van der Waals surface area contributed by atoms with Gasteiger partial charge in [-0.1, -0.05) is 46.3 Å². The average Bonchev–Trinajstić information content (AvgIpc) is 3.01. The molecule has 1 aliphatic heterocycles. The standard InChI is InChI=1S/C11H12BrFO/c12-9(11(13)10-7-14-10)6-8-4-2-1-3-5-8/h1-5,9-11H,6-7H2. The van der Waals surface area contributed by atoms with Crippen molar-refractivity contribution in [2.24, 2.45) is 0 Å². The van der Waals surface area contributed by atoms with Gasteiger partial charge < -0.3 is 4.74 Å². The zero-order chi connectivity index (χ0) is 9.97. The molecule has 1 heterocycles. The highest BCUT2D eigenvalue weighted by Crippen LogP contribution is 2.26. The fraction of sp³-hybridized carbons (Fsp3) is 0.455. The van der Waals surface area contributed by atoms with E-state index < -0.39 is 6.17 Å². The van der Waals surface area contributed by atoms with E-state index in [1.165, 1.54) is 0 Å². The first-order chi connectivity index (χ1) is 6.77. The van der Waals surface area contributed by atoms with E-state index in [9.17, 15) is 4.39 Å². The SMILES string of the molecule is FC(C(Br)Cc1ccccc1)C1CO1. The van der Waals surface area contributed by atoms with E-state index in [4.69, 9.17) is 4.74 Å². The van der Waals surface area contributed by atoms with Crippen molar-refractivity contribution >= 4 is 15.9 Å². The van der Waals surface area contributed by atoms with Gasteiger partial charge in [0.15, 0.2) is 0 Å². The van der Waals surface area contributed by atoms with Gasteiger partial charge in [0, 0.05) is 0 Å². The van der Waals surface area contributed by atoms with Crippen molar-refractivity contribution in [1.29, 1.82) is 0 Å². The average molecular weight is 259 g/mol. The van der Waals surface area contributed by atoms with E-state index in [1.54, 1.807) is 0 Å². The number of hydrogen-bond donors (Lipinski definition) is 0. The van der Waals surface area contributed by atoms with E-state index in [-0.39, 0.29) is 10.9 Å². The number of halogens is 2. The van der Waals surface area contributed by atoms with Crippen molar-refractivity contribution in [3.8, 4) is 0 Å². The molecule has 1 nitrogen and oxygen atoms in total. The summed E-state index contributed by atoms with van der Waals surface area (Å²) in [4.78, 5) is -0.141. The molecule has 1 aromatic carbocycles. The van der Waals surface area contributed by atoms with Crippen molar-refractivity contribution in [2.45, 2.75) is 23.5 Å². The van der Waals surface area contributed by atoms with E-state index >= 15 is 0 Å². The van der Waals surface area contributed by atoms with Crippen LogP contribution in [0.3, 0.4) is 0 Å². The summed E-state index contributed by atoms with van der Waals surface area (Å²) in [6.07, 6.45) is -0.361. The molecular weight excluding hydrogens is 247 g/mol. The van der Waals surface area contributed by atoms with Crippen LogP contribution in [0.25, 0.3) is 0 Å². The van der Waals surface area contributed by atoms with Crippen LogP contribution in [0.4, 0.5) is 4.39 Å². The van der Waals surface area contributed by atoms with Gasteiger partial charge in [0.1, 0.15) is 12.3 Å². The molecule has 14 heavy (non-hydrogen) atoms. The third-order valence-electron chi connectivity index (χ3n) is 2.33. The zero-order valence-electron chi connectivity index (χ0n) is 7.70. The molecule has 0 amide bonds. The highest BCUT2D eigenvalue weighted by molar-refractivity contribution is 9.09. The van der Waals surface area contributed by atoms with Gasteiger partial charge in [-0.3, -0.25) is 0 Å². The molecule has 3 atom stereocenters. The number of epoxide rings is 1. The molecule has 76 valence electrons. The summed E-state index contributed by atoms with van der Waals surface area (Å²) in [5.41, 5.74) is 1.15. The van der Waals surface area contributed by atoms with Crippen LogP contribution in [-0.4, -0.2) is 23.7 Å². The third kappa shape index (κ3) is 2.55. The Balaban J connectivity index is 1.90. The van der Waals surface area contributed by atoms with Crippen LogP contribution >= 0.6 is 15.9 Å². The first-order valence-electron chi connectivity index (χ1n) is 4.71. The van der Waals surface area contributed by atoms with Crippen molar-refractivity contribution in [1.82, 2.24) is 0 Å². The van der Waals surface area contributed by atoms with E-state index in [1.807, 2.05) is 30.3 Å². The summed E-state index contributed by atoms with van der Waals surface area (Å²) < 4.78 is 18.4. The van der Waals surface area contributed by atoms with Crippen molar-refractivity contribution < 1.29 is 9.13 Å². The molecule has 0 bridgehead atoms. The largest absolute Gasteiger partial charge is 0.370 e. The Bertz CT molecular complexity index is 287. The van der Waals surface area contributed by atoms with Crippen LogP contribution < -0.4 is 0 Å². The molecule has 3 heteroatoms. The second kappa shape index (κ2) is 4.41. The van der Waals surface area contributed by atoms with Crippen LogP contribution in [-0.2, 0) is 11.2 Å². The quantitative estimate of drug-likeness (QED) is 0.598. The smallest absolute Gasteiger partial charge is 0.141 e. The predicted octanol–water partition coefficient (Wildman–Crippen LogP) is 2.73. The minimum Gasteiger partial charge on any atom is -0.370 e. The van der Waals surface area contributed by atoms with Gasteiger partial charge in [0.2, 0.25) is 0 Å². The van der Waals surface area contributed by atoms with Gasteiger partial charge in [-0.05, 0) is 12.0 Å². The zero-order valence-corrected chi connectivity index (χ0v) is 9.28. The van der Waals surface area contributed by atoms with Crippen molar-refractivity contribution in [3.63, 3.8) is 0 Å². The number of ether oxygens (including phenoxy) is 1. The number of rotatable bonds is 4. The number of benzene rings is 1. The van der Waals surface area contributed by atoms with E-state index in [2.05, 4.69) is 15.9 Å². The van der Waals surface area contributed by atoms with Crippen molar-refractivity contribution in [2.75, 3.05) is 6.61 Å². The highest BCUT2D eigenvalue weighted by atomic mass is 79.9. The Hall–Kier alpha value is -0.410. The summed E-state index contributed by atoms with van der Waals surface area (Å²) in [6, 6.07) is 9.92. The molecular formula is C11H12BrFO. The lowest BCUT2D eigenvalue weighted by Gasteiger charge is -2.12. The monoisotopic (exact) mass is 258 g/mol. The number of alkyl halides is 2. The fourth-order valence-electron chi connectivity index (χ4n) is 1.42. The minimum absolute atomic E-state index is 0.141. The molecule has 1 aromatic rings. The molecule has 0 radical (unpaired) electrons. The molecule has 1 saturated heterocycles. The Morgan fingerprint density at radius 1 is 1.43 bits per heavy atom. The summed E-state index contributed by atoms with van der Waals surface area (Å²) in [5.74, 6) is 0. The first kappa shape index (κ1) is 10.1. The Kier molecular flexibility index (Phi) is 3.19. The molecule has 1 fully saturated rings. The maximum Gasteiger partial charge on any atom is 0.141 e. The summed E-state index contributed by atoms with van der Waals surface area (Å²) in [7, 11) is 0. The van der Waals surface area contributed by atoms with Gasteiger partial charge in [-0.25, -0.2) is 4.39 Å². The van der Waals surface area contributed by atoms with E-state index in [0.29, 0.717) is 13.0 Å². The molecule has 3 unspecified atom stereocenters. The maximum atomic E-state index is 13.5. The minimum atomic E-state index is -0.893. The van der Waals surface area contributed by atoms with Crippen LogP contribution in [0, 0.1) is 0 Å². The molecule has 0 saturated carbocycles. The normalized spacial score (nSPS) is 24.3. The first-order valence-corrected chi connectivity index (χ1v) is 5.62. The van der Waals surface area contributed by atoms with Gasteiger partial charge >= 0.3 is 0 Å². The van der Waals surface area contributed by atoms with Gasteiger partial charge in [-0.2, -0.15) is 0 Å².